The number of methoxy groups -OCH3 is 1. The van der Waals surface area contributed by atoms with Crippen LogP contribution in [0.15, 0.2) is 88.8 Å². The zero-order valence-electron chi connectivity index (χ0n) is 25.4. The van der Waals surface area contributed by atoms with Gasteiger partial charge in [-0.05, 0) is 49.2 Å². The summed E-state index contributed by atoms with van der Waals surface area (Å²) in [5.41, 5.74) is 3.24. The minimum atomic E-state index is -0.673. The van der Waals surface area contributed by atoms with Gasteiger partial charge in [-0.1, -0.05) is 55.1 Å². The van der Waals surface area contributed by atoms with Gasteiger partial charge in [-0.3, -0.25) is 19.3 Å². The number of carbonyl (C=O) groups excluding carboxylic acids is 3. The van der Waals surface area contributed by atoms with E-state index < -0.39 is 11.3 Å². The summed E-state index contributed by atoms with van der Waals surface area (Å²) in [4.78, 5) is 55.4. The molecule has 3 aromatic carbocycles. The minimum Gasteiger partial charge on any atom is -0.497 e. The third-order valence-electron chi connectivity index (χ3n) is 8.24. The van der Waals surface area contributed by atoms with Crippen molar-refractivity contribution in [1.82, 2.24) is 9.80 Å². The predicted octanol–water partition coefficient (Wildman–Crippen LogP) is 4.93. The average Bonchev–Trinajstić information content (AvgIpc) is 3.42. The number of nitrogens with one attached hydrogen (secondary N) is 1. The maximum Gasteiger partial charge on any atom is 0.270 e. The van der Waals surface area contributed by atoms with Crippen LogP contribution in [0.1, 0.15) is 31.7 Å². The Morgan fingerprint density at radius 1 is 0.978 bits per heavy atom. The van der Waals surface area contributed by atoms with Gasteiger partial charge in [0.25, 0.3) is 5.91 Å². The van der Waals surface area contributed by atoms with E-state index in [-0.39, 0.29) is 24.1 Å². The fraction of sp³-hybridized carbons (Fsp3) is 0.324. The second-order valence-corrected chi connectivity index (χ2v) is 12.2. The summed E-state index contributed by atoms with van der Waals surface area (Å²) in [6.45, 7) is 4.73. The number of rotatable bonds is 9. The van der Waals surface area contributed by atoms with Crippen molar-refractivity contribution in [2.24, 2.45) is 9.98 Å². The number of amidine groups is 2. The number of thioether (sulfide) groups is 1. The van der Waals surface area contributed by atoms with Crippen molar-refractivity contribution in [2.45, 2.75) is 37.5 Å². The molecular weight excluding hydrogens is 588 g/mol. The molecule has 1 N–H and O–H groups in total. The van der Waals surface area contributed by atoms with Crippen LogP contribution in [0.2, 0.25) is 0 Å². The molecule has 0 saturated carbocycles. The van der Waals surface area contributed by atoms with E-state index in [1.165, 1.54) is 11.8 Å². The number of hydrogen-bond donors (Lipinski definition) is 1. The van der Waals surface area contributed by atoms with Gasteiger partial charge in [0.05, 0.1) is 18.0 Å². The maximum atomic E-state index is 13.4. The lowest BCUT2D eigenvalue weighted by Gasteiger charge is -2.36. The first-order chi connectivity index (χ1) is 21.9. The van der Waals surface area contributed by atoms with Crippen LogP contribution >= 0.6 is 11.8 Å². The summed E-state index contributed by atoms with van der Waals surface area (Å²) >= 11 is 1.31. The van der Waals surface area contributed by atoms with E-state index in [4.69, 9.17) is 9.73 Å². The molecule has 45 heavy (non-hydrogen) atoms. The first kappa shape index (κ1) is 30.4. The molecule has 3 aliphatic heterocycles. The third kappa shape index (κ3) is 6.58. The summed E-state index contributed by atoms with van der Waals surface area (Å²) in [6.07, 6.45) is 1.06. The molecule has 3 aromatic rings. The van der Waals surface area contributed by atoms with Crippen molar-refractivity contribution in [2.75, 3.05) is 43.5 Å². The maximum absolute atomic E-state index is 13.4. The van der Waals surface area contributed by atoms with E-state index in [1.807, 2.05) is 77.4 Å². The van der Waals surface area contributed by atoms with Gasteiger partial charge in [0.1, 0.15) is 17.6 Å². The van der Waals surface area contributed by atoms with Crippen LogP contribution in [0, 0.1) is 0 Å². The van der Waals surface area contributed by atoms with Crippen molar-refractivity contribution >= 4 is 57.5 Å². The van der Waals surface area contributed by atoms with E-state index >= 15 is 0 Å². The highest BCUT2D eigenvalue weighted by molar-refractivity contribution is 8.15. The average molecular weight is 625 g/mol. The molecule has 6 rings (SSSR count). The summed E-state index contributed by atoms with van der Waals surface area (Å²) < 4.78 is 5.29. The van der Waals surface area contributed by atoms with Crippen molar-refractivity contribution in [3.8, 4) is 5.75 Å². The first-order valence-electron chi connectivity index (χ1n) is 15.2. The number of nitrogens with zero attached hydrogens (tertiary/aromatic N) is 5. The molecule has 2 atom stereocenters. The Bertz CT molecular complexity index is 1640. The third-order valence-corrected chi connectivity index (χ3v) is 9.57. The van der Waals surface area contributed by atoms with Gasteiger partial charge in [-0.25, -0.2) is 4.99 Å². The Morgan fingerprint density at radius 2 is 1.73 bits per heavy atom. The van der Waals surface area contributed by atoms with Crippen LogP contribution in [0.5, 0.6) is 5.75 Å². The summed E-state index contributed by atoms with van der Waals surface area (Å²) in [5.74, 6) is 0.712. The highest BCUT2D eigenvalue weighted by Crippen LogP contribution is 2.37. The minimum absolute atomic E-state index is 0.0246. The van der Waals surface area contributed by atoms with Gasteiger partial charge in [-0.15, -0.1) is 0 Å². The van der Waals surface area contributed by atoms with Crippen LogP contribution in [0.4, 0.5) is 17.1 Å². The van der Waals surface area contributed by atoms with Gasteiger partial charge in [0.15, 0.2) is 5.17 Å². The van der Waals surface area contributed by atoms with Crippen molar-refractivity contribution in [3.05, 3.63) is 84.4 Å². The highest BCUT2D eigenvalue weighted by Gasteiger charge is 2.43. The molecular formula is C34H36N6O4S. The standard InChI is InChI=1S/C34H36N6O4S/c1-3-29(33(43)35-23-10-9-13-25(22-23)44-2)45-34-36-27-15-8-7-14-26(27)31-37-32(42)28(40(31)34)16-17-30(41)39-20-18-38(19-21-39)24-11-5-4-6-12-24/h4-15,22,28-29H,3,16-21H2,1-2H3,(H,35,43). The number of piperazine rings is 1. The molecule has 232 valence electrons. The summed E-state index contributed by atoms with van der Waals surface area (Å²) in [5, 5.41) is 3.02. The second-order valence-electron chi connectivity index (χ2n) is 11.0. The zero-order chi connectivity index (χ0) is 31.3. The monoisotopic (exact) mass is 624 g/mol. The Hall–Kier alpha value is -4.64. The molecule has 11 heteroatoms. The lowest BCUT2D eigenvalue weighted by molar-refractivity contribution is -0.132. The smallest absolute Gasteiger partial charge is 0.270 e. The largest absolute Gasteiger partial charge is 0.497 e. The lowest BCUT2D eigenvalue weighted by Crippen LogP contribution is -2.49. The van der Waals surface area contributed by atoms with Gasteiger partial charge in [0, 0.05) is 55.6 Å². The second kappa shape index (κ2) is 13.6. The van der Waals surface area contributed by atoms with Crippen LogP contribution in [-0.2, 0) is 14.4 Å². The topological polar surface area (TPSA) is 107 Å². The van der Waals surface area contributed by atoms with Gasteiger partial charge in [0.2, 0.25) is 11.8 Å². The Morgan fingerprint density at radius 3 is 2.49 bits per heavy atom. The number of carbonyl (C=O) groups is 3. The molecule has 0 aliphatic carbocycles. The van der Waals surface area contributed by atoms with E-state index in [9.17, 15) is 14.4 Å². The molecule has 2 unspecified atom stereocenters. The molecule has 1 fully saturated rings. The number of benzene rings is 3. The molecule has 0 spiro atoms. The Labute approximate surface area is 267 Å². The number of ether oxygens (including phenoxy) is 1. The number of hydrogen-bond acceptors (Lipinski definition) is 8. The molecule has 0 bridgehead atoms. The van der Waals surface area contributed by atoms with Gasteiger partial charge < -0.3 is 19.9 Å². The fourth-order valence-electron chi connectivity index (χ4n) is 5.80. The van der Waals surface area contributed by atoms with Crippen LogP contribution in [0.3, 0.4) is 0 Å². The van der Waals surface area contributed by atoms with E-state index in [0.29, 0.717) is 54.1 Å². The van der Waals surface area contributed by atoms with E-state index in [2.05, 4.69) is 27.3 Å². The Balaban J connectivity index is 1.15. The number of anilines is 2. The van der Waals surface area contributed by atoms with Crippen LogP contribution in [0.25, 0.3) is 0 Å². The van der Waals surface area contributed by atoms with E-state index in [1.54, 1.807) is 13.2 Å². The Kier molecular flexibility index (Phi) is 9.16. The van der Waals surface area contributed by atoms with Crippen LogP contribution in [-0.4, -0.2) is 83.1 Å². The molecule has 3 heterocycles. The first-order valence-corrected chi connectivity index (χ1v) is 16.1. The normalized spacial score (nSPS) is 18.0. The quantitative estimate of drug-likeness (QED) is 0.360. The van der Waals surface area contributed by atoms with Crippen LogP contribution < -0.4 is 15.0 Å². The van der Waals surface area contributed by atoms with Gasteiger partial charge in [-0.2, -0.15) is 4.99 Å². The predicted molar refractivity (Wildman–Crippen MR) is 178 cm³/mol. The summed E-state index contributed by atoms with van der Waals surface area (Å²) in [6, 6.07) is 24.3. The summed E-state index contributed by atoms with van der Waals surface area (Å²) in [7, 11) is 1.58. The number of aliphatic imine (C=N–C) groups is 2. The van der Waals surface area contributed by atoms with Crippen molar-refractivity contribution in [1.29, 1.82) is 0 Å². The highest BCUT2D eigenvalue weighted by atomic mass is 32.2. The van der Waals surface area contributed by atoms with Gasteiger partial charge >= 0.3 is 0 Å². The number of para-hydroxylation sites is 2. The SMILES string of the molecule is CCC(SC1=Nc2ccccc2C2=NC(=O)C(CCC(=O)N3CCN(c4ccccc4)CC3)N12)C(=O)Nc1cccc(OC)c1. The fourth-order valence-corrected chi connectivity index (χ4v) is 6.87. The molecule has 0 aromatic heterocycles. The van der Waals surface area contributed by atoms with Crippen molar-refractivity contribution in [3.63, 3.8) is 0 Å². The number of fused-ring (bicyclic) bond motifs is 3. The molecule has 3 aliphatic rings. The molecule has 0 radical (unpaired) electrons. The number of amides is 3. The van der Waals surface area contributed by atoms with Crippen molar-refractivity contribution < 1.29 is 19.1 Å². The molecule has 10 nitrogen and oxygen atoms in total. The molecule has 1 saturated heterocycles. The molecule has 3 amide bonds. The lowest BCUT2D eigenvalue weighted by atomic mass is 10.1. The van der Waals surface area contributed by atoms with E-state index in [0.717, 1.165) is 24.3 Å². The zero-order valence-corrected chi connectivity index (χ0v) is 26.2.